The maximum atomic E-state index is 6.25. The maximum absolute atomic E-state index is 6.25. The van der Waals surface area contributed by atoms with Crippen LogP contribution < -0.4 is 0 Å². The number of hydrogen-bond acceptors (Lipinski definition) is 3. The van der Waals surface area contributed by atoms with Gasteiger partial charge in [-0.2, -0.15) is 0 Å². The van der Waals surface area contributed by atoms with Crippen LogP contribution in [0.3, 0.4) is 0 Å². The molecule has 2 radical (unpaired) electrons. The van der Waals surface area contributed by atoms with E-state index >= 15 is 0 Å². The zero-order valence-electron chi connectivity index (χ0n) is 3.85. The van der Waals surface area contributed by atoms with E-state index in [9.17, 15) is 0 Å². The first kappa shape index (κ1) is 39.3. The van der Waals surface area contributed by atoms with E-state index < -0.39 is 0 Å². The molecule has 0 aliphatic rings. The molecule has 0 saturated carbocycles. The van der Waals surface area contributed by atoms with Crippen LogP contribution in [0, 0.1) is 35.5 Å². The molecule has 0 spiro atoms. The molecule has 0 fully saturated rings. The Labute approximate surface area is 94.4 Å². The Morgan fingerprint density at radius 2 is 0.625 bits per heavy atom. The van der Waals surface area contributed by atoms with Crippen molar-refractivity contribution in [3.05, 3.63) is 19.7 Å². The molecule has 3 nitrogen and oxygen atoms in total. The summed E-state index contributed by atoms with van der Waals surface area (Å²) >= 11 is 0. The first-order chi connectivity index (χ1) is 3.00. The molecule has 0 bridgehead atoms. The van der Waals surface area contributed by atoms with Gasteiger partial charge in [-0.15, -0.1) is 0 Å². The van der Waals surface area contributed by atoms with E-state index in [1.165, 1.54) is 0 Å². The van der Waals surface area contributed by atoms with Crippen molar-refractivity contribution in [1.82, 2.24) is 0 Å². The van der Waals surface area contributed by atoms with Crippen LogP contribution >= 0.6 is 0 Å². The van der Waals surface area contributed by atoms with E-state index in [1.54, 1.807) is 0 Å². The fraction of sp³-hybridized carbons (Fsp3) is 0. The molecule has 0 saturated heterocycles. The van der Waals surface area contributed by atoms with Crippen LogP contribution in [0.4, 0.5) is 0 Å². The standard InChI is InChI=1S/3CN.Au.Ca/c3*1-2;;/q3*-1;+3;. The molecule has 0 heterocycles. The zero-order valence-corrected chi connectivity index (χ0v) is 8.23. The van der Waals surface area contributed by atoms with Crippen LogP contribution in [0.1, 0.15) is 0 Å². The third kappa shape index (κ3) is 876. The summed E-state index contributed by atoms with van der Waals surface area (Å²) in [6, 6.07) is 0. The van der Waals surface area contributed by atoms with Gasteiger partial charge in [0.2, 0.25) is 0 Å². The molecule has 0 atom stereocenters. The van der Waals surface area contributed by atoms with Gasteiger partial charge in [0.1, 0.15) is 0 Å². The average molecular weight is 315 g/mol. The van der Waals surface area contributed by atoms with Gasteiger partial charge >= 0.3 is 22.4 Å². The molecule has 0 amide bonds. The molecule has 0 rings (SSSR count). The predicted molar refractivity (Wildman–Crippen MR) is 20.7 cm³/mol. The Hall–Kier alpha value is 0.470. The Bertz CT molecular complexity index is 43.0. The van der Waals surface area contributed by atoms with Crippen molar-refractivity contribution in [2.75, 3.05) is 0 Å². The van der Waals surface area contributed by atoms with E-state index in [0.29, 0.717) is 0 Å². The first-order valence-corrected chi connectivity index (χ1v) is 0.671. The van der Waals surface area contributed by atoms with E-state index in [-0.39, 0.29) is 60.1 Å². The molecule has 5 heteroatoms. The third-order valence-electron chi connectivity index (χ3n) is 0. The molecule has 0 unspecified atom stereocenters. The van der Waals surface area contributed by atoms with Crippen molar-refractivity contribution in [1.29, 1.82) is 15.8 Å². The molecular formula is C3AuCaN3. The van der Waals surface area contributed by atoms with Gasteiger partial charge in [0.25, 0.3) is 0 Å². The average Bonchev–Trinajstić information content (AvgIpc) is 1.81. The summed E-state index contributed by atoms with van der Waals surface area (Å²) in [4.78, 5) is 0. The second kappa shape index (κ2) is 1420. The predicted octanol–water partition coefficient (Wildman–Crippen LogP) is -0.0942. The summed E-state index contributed by atoms with van der Waals surface area (Å²) in [5.74, 6) is 0. The van der Waals surface area contributed by atoms with Gasteiger partial charge in [-0.1, -0.05) is 0 Å². The monoisotopic (exact) mass is 315 g/mol. The van der Waals surface area contributed by atoms with E-state index in [0.717, 1.165) is 0 Å². The van der Waals surface area contributed by atoms with Crippen molar-refractivity contribution < 1.29 is 22.4 Å². The molecular weight excluding hydrogens is 315 g/mol. The maximum Gasteiger partial charge on any atom is 3.00 e. The summed E-state index contributed by atoms with van der Waals surface area (Å²) in [6.07, 6.45) is 0. The van der Waals surface area contributed by atoms with Crippen molar-refractivity contribution in [3.63, 3.8) is 0 Å². The summed E-state index contributed by atoms with van der Waals surface area (Å²) in [7, 11) is 0. The summed E-state index contributed by atoms with van der Waals surface area (Å²) in [5.41, 5.74) is 0. The second-order valence-corrected chi connectivity index (χ2v) is 0. The van der Waals surface area contributed by atoms with Crippen molar-refractivity contribution >= 4 is 37.7 Å². The normalized spacial score (nSPS) is 0.750. The van der Waals surface area contributed by atoms with Gasteiger partial charge in [-0.25, -0.2) is 0 Å². The topological polar surface area (TPSA) is 71.4 Å². The van der Waals surface area contributed by atoms with Crippen LogP contribution in [0.5, 0.6) is 0 Å². The van der Waals surface area contributed by atoms with Crippen molar-refractivity contribution in [2.24, 2.45) is 0 Å². The second-order valence-electron chi connectivity index (χ2n) is 0. The van der Waals surface area contributed by atoms with Crippen LogP contribution in [0.2, 0.25) is 0 Å². The Balaban J connectivity index is -0.00000000500. The molecule has 0 aliphatic heterocycles. The van der Waals surface area contributed by atoms with Crippen LogP contribution in [-0.4, -0.2) is 37.7 Å². The smallest absolute Gasteiger partial charge is 0.512 e. The SMILES string of the molecule is [Au+3].[C-]#N.[C-]#N.[C-]#N.[Ca]. The van der Waals surface area contributed by atoms with Gasteiger partial charge < -0.3 is 35.5 Å². The summed E-state index contributed by atoms with van der Waals surface area (Å²) < 4.78 is 0. The quantitative estimate of drug-likeness (QED) is 0.463. The van der Waals surface area contributed by atoms with Gasteiger partial charge in [0, 0.05) is 37.7 Å². The molecule has 0 aliphatic carbocycles. The van der Waals surface area contributed by atoms with Crippen LogP contribution in [0.15, 0.2) is 0 Å². The fourth-order valence-electron chi connectivity index (χ4n) is 0. The Kier molecular flexibility index (Phi) is 6950. The van der Waals surface area contributed by atoms with E-state index in [1.807, 2.05) is 0 Å². The minimum absolute atomic E-state index is 0. The molecule has 40 valence electrons. The van der Waals surface area contributed by atoms with Crippen molar-refractivity contribution in [3.8, 4) is 0 Å². The molecule has 0 aromatic heterocycles. The van der Waals surface area contributed by atoms with Gasteiger partial charge in [0.15, 0.2) is 0 Å². The molecule has 0 N–H and O–H groups in total. The summed E-state index contributed by atoms with van der Waals surface area (Å²) in [6.45, 7) is 14.2. The molecule has 8 heavy (non-hydrogen) atoms. The third-order valence-corrected chi connectivity index (χ3v) is 0. The minimum Gasteiger partial charge on any atom is -0.512 e. The molecule has 0 aromatic carbocycles. The Morgan fingerprint density at radius 3 is 0.625 bits per heavy atom. The van der Waals surface area contributed by atoms with Gasteiger partial charge in [-0.05, 0) is 0 Å². The van der Waals surface area contributed by atoms with E-state index in [2.05, 4.69) is 0 Å². The summed E-state index contributed by atoms with van der Waals surface area (Å²) in [5, 5.41) is 18.8. The number of nitrogens with zero attached hydrogens (tertiary/aromatic N) is 3. The fourth-order valence-corrected chi connectivity index (χ4v) is 0. The largest absolute Gasteiger partial charge is 3.00 e. The Morgan fingerprint density at radius 1 is 0.625 bits per heavy atom. The van der Waals surface area contributed by atoms with Crippen LogP contribution in [0.25, 0.3) is 0 Å². The van der Waals surface area contributed by atoms with Crippen LogP contribution in [-0.2, 0) is 22.4 Å². The van der Waals surface area contributed by atoms with Crippen molar-refractivity contribution in [2.45, 2.75) is 0 Å². The first-order valence-electron chi connectivity index (χ1n) is 0.671. The molecule has 0 aromatic rings. The van der Waals surface area contributed by atoms with E-state index in [4.69, 9.17) is 35.5 Å². The number of hydrogen-bond donors (Lipinski definition) is 0. The van der Waals surface area contributed by atoms with Gasteiger partial charge in [-0.3, -0.25) is 0 Å². The van der Waals surface area contributed by atoms with Gasteiger partial charge in [0.05, 0.1) is 0 Å². The minimum atomic E-state index is 0. The number of rotatable bonds is 0. The zero-order chi connectivity index (χ0) is 6.00.